The van der Waals surface area contributed by atoms with Crippen LogP contribution in [0.2, 0.25) is 5.31 Å². The van der Waals surface area contributed by atoms with E-state index in [1.54, 1.807) is 7.05 Å². The van der Waals surface area contributed by atoms with Crippen molar-refractivity contribution in [2.75, 3.05) is 25.5 Å². The van der Waals surface area contributed by atoms with Crippen LogP contribution in [0.1, 0.15) is 78.0 Å². The summed E-state index contributed by atoms with van der Waals surface area (Å²) in [7, 11) is 6.97. The first-order valence-electron chi connectivity index (χ1n) is 14.8. The van der Waals surface area contributed by atoms with Gasteiger partial charge in [0.2, 0.25) is 5.95 Å². The van der Waals surface area contributed by atoms with Crippen LogP contribution in [-0.4, -0.2) is 65.7 Å². The van der Waals surface area contributed by atoms with Crippen LogP contribution in [0, 0.1) is 19.7 Å². The normalized spacial score (nSPS) is 19.8. The zero-order valence-corrected chi connectivity index (χ0v) is 26.0. The van der Waals surface area contributed by atoms with Crippen molar-refractivity contribution in [1.82, 2.24) is 19.5 Å². The predicted molar refractivity (Wildman–Crippen MR) is 166 cm³/mol. The van der Waals surface area contributed by atoms with Crippen molar-refractivity contribution >= 4 is 25.0 Å². The molecule has 2 radical (unpaired) electrons. The SMILES string of the molecule is CCC.CN=Nc1ccc(-c2c(F)cn3nc(NC4CCN(C5CCC5)CC4F)nc(C)c23)cc1C.[B]C(C)(C)C. The first-order chi connectivity index (χ1) is 19.4. The van der Waals surface area contributed by atoms with E-state index >= 15 is 4.39 Å². The zero-order valence-electron chi connectivity index (χ0n) is 26.0. The van der Waals surface area contributed by atoms with Crippen molar-refractivity contribution in [3.8, 4) is 11.1 Å². The molecule has 2 aliphatic rings. The minimum absolute atomic E-state index is 0. The van der Waals surface area contributed by atoms with Gasteiger partial charge in [-0.1, -0.05) is 58.8 Å². The number of aryl methyl sites for hydroxylation is 2. The molecule has 1 aliphatic heterocycles. The number of anilines is 1. The molecule has 41 heavy (non-hydrogen) atoms. The lowest BCUT2D eigenvalue weighted by molar-refractivity contribution is 0.0552. The summed E-state index contributed by atoms with van der Waals surface area (Å²) in [6.07, 6.45) is 5.91. The van der Waals surface area contributed by atoms with E-state index in [0.717, 1.165) is 23.4 Å². The number of fused-ring (bicyclic) bond motifs is 1. The molecule has 10 heteroatoms. The molecular weight excluding hydrogens is 519 g/mol. The van der Waals surface area contributed by atoms with E-state index in [2.05, 4.69) is 44.4 Å². The van der Waals surface area contributed by atoms with Crippen molar-refractivity contribution in [2.45, 2.75) is 104 Å². The number of hydrogen-bond acceptors (Lipinski definition) is 6. The third-order valence-electron chi connectivity index (χ3n) is 6.93. The topological polar surface area (TPSA) is 70.2 Å². The smallest absolute Gasteiger partial charge is 0.241 e. The maximum Gasteiger partial charge on any atom is 0.241 e. The fraction of sp³-hybridized carbons (Fsp3) is 0.613. The summed E-state index contributed by atoms with van der Waals surface area (Å²) in [6.45, 7) is 15.2. The Balaban J connectivity index is 0.000000515. The molecule has 1 saturated heterocycles. The summed E-state index contributed by atoms with van der Waals surface area (Å²) < 4.78 is 31.4. The third kappa shape index (κ3) is 8.80. The monoisotopic (exact) mass is 565 g/mol. The van der Waals surface area contributed by atoms with E-state index in [0.29, 0.717) is 41.7 Å². The van der Waals surface area contributed by atoms with Crippen molar-refractivity contribution in [3.05, 3.63) is 41.5 Å². The lowest BCUT2D eigenvalue weighted by Gasteiger charge is -2.43. The Morgan fingerprint density at radius 1 is 1.15 bits per heavy atom. The van der Waals surface area contributed by atoms with E-state index in [1.807, 2.05) is 52.8 Å². The van der Waals surface area contributed by atoms with Gasteiger partial charge in [0.25, 0.3) is 0 Å². The Kier molecular flexibility index (Phi) is 11.4. The van der Waals surface area contributed by atoms with Gasteiger partial charge in [0, 0.05) is 31.7 Å². The lowest BCUT2D eigenvalue weighted by Crippen LogP contribution is -2.53. The van der Waals surface area contributed by atoms with Gasteiger partial charge in [-0.25, -0.2) is 18.3 Å². The van der Waals surface area contributed by atoms with Crippen molar-refractivity contribution in [3.63, 3.8) is 0 Å². The summed E-state index contributed by atoms with van der Waals surface area (Å²) in [5.74, 6) is -0.0628. The molecular formula is C31H46BF2N7. The fourth-order valence-electron chi connectivity index (χ4n) is 4.93. The highest BCUT2D eigenvalue weighted by molar-refractivity contribution is 6.14. The predicted octanol–water partition coefficient (Wildman–Crippen LogP) is 8.03. The maximum atomic E-state index is 15.0. The summed E-state index contributed by atoms with van der Waals surface area (Å²) >= 11 is 0. The number of rotatable bonds is 5. The molecule has 5 rings (SSSR count). The van der Waals surface area contributed by atoms with Crippen LogP contribution in [0.25, 0.3) is 16.6 Å². The molecule has 0 bridgehead atoms. The summed E-state index contributed by atoms with van der Waals surface area (Å²) in [5.41, 5.74) is 4.04. The molecule has 2 aromatic heterocycles. The summed E-state index contributed by atoms with van der Waals surface area (Å²) in [6, 6.07) is 5.73. The molecule has 0 spiro atoms. The number of alkyl halides is 1. The quantitative estimate of drug-likeness (QED) is 0.251. The Morgan fingerprint density at radius 3 is 2.34 bits per heavy atom. The molecule has 2 fully saturated rings. The first-order valence-corrected chi connectivity index (χ1v) is 14.8. The van der Waals surface area contributed by atoms with Crippen molar-refractivity contribution in [1.29, 1.82) is 0 Å². The number of halogens is 2. The molecule has 3 heterocycles. The molecule has 1 aliphatic carbocycles. The number of aromatic nitrogens is 3. The van der Waals surface area contributed by atoms with E-state index < -0.39 is 6.17 Å². The molecule has 1 N–H and O–H groups in total. The number of nitrogens with one attached hydrogen (secondary N) is 1. The van der Waals surface area contributed by atoms with Gasteiger partial charge in [0.1, 0.15) is 6.17 Å². The molecule has 2 atom stereocenters. The van der Waals surface area contributed by atoms with Crippen LogP contribution < -0.4 is 5.32 Å². The molecule has 0 amide bonds. The van der Waals surface area contributed by atoms with Crippen LogP contribution in [-0.2, 0) is 0 Å². The fourth-order valence-corrected chi connectivity index (χ4v) is 4.93. The number of likely N-dealkylation sites (tertiary alicyclic amines) is 1. The molecule has 3 aromatic rings. The average Bonchev–Trinajstić information content (AvgIpc) is 3.17. The van der Waals surface area contributed by atoms with Crippen LogP contribution in [0.5, 0.6) is 0 Å². The second-order valence-electron chi connectivity index (χ2n) is 12.2. The molecule has 1 saturated carbocycles. The highest BCUT2D eigenvalue weighted by atomic mass is 19.1. The Labute approximate surface area is 245 Å². The van der Waals surface area contributed by atoms with Crippen LogP contribution >= 0.6 is 0 Å². The van der Waals surface area contributed by atoms with Crippen LogP contribution in [0.15, 0.2) is 34.6 Å². The van der Waals surface area contributed by atoms with E-state index in [9.17, 15) is 4.39 Å². The van der Waals surface area contributed by atoms with Crippen LogP contribution in [0.4, 0.5) is 20.4 Å². The number of hydrogen-bond donors (Lipinski definition) is 1. The largest absolute Gasteiger partial charge is 0.347 e. The van der Waals surface area contributed by atoms with Gasteiger partial charge in [0.05, 0.1) is 37.0 Å². The van der Waals surface area contributed by atoms with Crippen molar-refractivity contribution < 1.29 is 8.78 Å². The minimum atomic E-state index is -0.988. The highest BCUT2D eigenvalue weighted by Gasteiger charge is 2.35. The van der Waals surface area contributed by atoms with Gasteiger partial charge in [-0.2, -0.15) is 10.2 Å². The van der Waals surface area contributed by atoms with Crippen LogP contribution in [0.3, 0.4) is 0 Å². The molecule has 7 nitrogen and oxygen atoms in total. The van der Waals surface area contributed by atoms with Gasteiger partial charge >= 0.3 is 0 Å². The zero-order chi connectivity index (χ0) is 30.3. The lowest BCUT2D eigenvalue weighted by atomic mass is 9.75. The third-order valence-corrected chi connectivity index (χ3v) is 6.93. The number of benzene rings is 1. The first kappa shape index (κ1) is 32.6. The van der Waals surface area contributed by atoms with Gasteiger partial charge in [-0.15, -0.1) is 5.10 Å². The second-order valence-corrected chi connectivity index (χ2v) is 12.2. The van der Waals surface area contributed by atoms with Gasteiger partial charge in [-0.05, 0) is 56.4 Å². The van der Waals surface area contributed by atoms with Crippen molar-refractivity contribution in [2.24, 2.45) is 10.2 Å². The summed E-state index contributed by atoms with van der Waals surface area (Å²) in [4.78, 5) is 6.83. The van der Waals surface area contributed by atoms with Gasteiger partial charge < -0.3 is 5.32 Å². The van der Waals surface area contributed by atoms with Gasteiger partial charge in [-0.3, -0.25) is 4.90 Å². The van der Waals surface area contributed by atoms with E-state index in [-0.39, 0.29) is 17.2 Å². The highest BCUT2D eigenvalue weighted by Crippen LogP contribution is 2.34. The number of nitrogens with zero attached hydrogens (tertiary/aromatic N) is 6. The van der Waals surface area contributed by atoms with E-state index in [1.165, 1.54) is 36.4 Å². The summed E-state index contributed by atoms with van der Waals surface area (Å²) in [5, 5.41) is 15.5. The molecule has 222 valence electrons. The second kappa shape index (κ2) is 14.3. The van der Waals surface area contributed by atoms with Gasteiger partial charge in [0.15, 0.2) is 5.82 Å². The number of azo groups is 1. The Hall–Kier alpha value is -2.88. The Bertz CT molecular complexity index is 1310. The molecule has 2 unspecified atom stereocenters. The standard InChI is InChI=1S/C24H29F2N7.C4H9B.C3H8/c1-14-11-16(7-8-20(14)30-27-3)22-19(26)13-33-23(22)15(2)28-24(31-33)29-21-9-10-32(12-18(21)25)17-5-4-6-17;1-4(2,3)5;1-3-2/h7-8,11,13,17-18,21H,4-6,9-10,12H2,1-3H3,(H,29,31);1-3H3;3H2,1-2H3. The maximum absolute atomic E-state index is 15.0. The molecule has 1 aromatic carbocycles. The average molecular weight is 566 g/mol. The Morgan fingerprint density at radius 2 is 1.80 bits per heavy atom. The number of piperidine rings is 1. The van der Waals surface area contributed by atoms with E-state index in [4.69, 9.17) is 7.85 Å². The minimum Gasteiger partial charge on any atom is -0.347 e.